The number of carbonyl (C=O) groups excluding carboxylic acids is 1. The number of hydrogen-bond donors (Lipinski definition) is 1. The maximum atomic E-state index is 11.9. The van der Waals surface area contributed by atoms with Crippen LogP contribution in [-0.2, 0) is 9.53 Å². The molecule has 0 saturated carbocycles. The fourth-order valence-corrected chi connectivity index (χ4v) is 3.83. The Morgan fingerprint density at radius 1 is 1.27 bits per heavy atom. The first-order valence-corrected chi connectivity index (χ1v) is 9.03. The molecule has 0 aliphatic heterocycles. The number of rotatable bonds is 8. The van der Waals surface area contributed by atoms with E-state index in [1.807, 2.05) is 18.2 Å². The highest BCUT2D eigenvalue weighted by atomic mass is 32.2. The number of benzene rings is 1. The molecule has 0 unspecified atom stereocenters. The van der Waals surface area contributed by atoms with Gasteiger partial charge in [-0.25, -0.2) is 0 Å². The molecule has 2 rings (SSSR count). The summed E-state index contributed by atoms with van der Waals surface area (Å²) in [7, 11) is 1.68. The Balaban J connectivity index is 1.70. The lowest BCUT2D eigenvalue weighted by molar-refractivity contribution is -0.121. The molecular formula is C17H21NO2S2. The lowest BCUT2D eigenvalue weighted by Gasteiger charge is -2.14. The molecule has 0 fully saturated rings. The third-order valence-corrected chi connectivity index (χ3v) is 5.30. The average Bonchev–Trinajstić information content (AvgIpc) is 2.95. The molecule has 0 spiro atoms. The van der Waals surface area contributed by atoms with Gasteiger partial charge in [0.05, 0.1) is 0 Å². The zero-order chi connectivity index (χ0) is 15.8. The molecule has 1 atom stereocenters. The van der Waals surface area contributed by atoms with Crippen LogP contribution in [0.5, 0.6) is 0 Å². The van der Waals surface area contributed by atoms with Crippen molar-refractivity contribution in [2.45, 2.75) is 24.3 Å². The average molecular weight is 335 g/mol. The van der Waals surface area contributed by atoms with Gasteiger partial charge in [0.25, 0.3) is 0 Å². The number of hydrogen-bond acceptors (Lipinski definition) is 4. The Labute approximate surface area is 140 Å². The summed E-state index contributed by atoms with van der Waals surface area (Å²) in [6.45, 7) is 2.59. The van der Waals surface area contributed by atoms with E-state index >= 15 is 0 Å². The minimum atomic E-state index is -0.0653. The monoisotopic (exact) mass is 335 g/mol. The van der Waals surface area contributed by atoms with Crippen LogP contribution < -0.4 is 5.32 Å². The van der Waals surface area contributed by atoms with Gasteiger partial charge in [0.2, 0.25) is 5.91 Å². The molecule has 1 aromatic heterocycles. The second-order valence-electron chi connectivity index (χ2n) is 4.89. The van der Waals surface area contributed by atoms with Crippen LogP contribution in [0.3, 0.4) is 0 Å². The third-order valence-electron chi connectivity index (χ3n) is 3.19. The summed E-state index contributed by atoms with van der Waals surface area (Å²) in [5.41, 5.74) is 0. The number of methoxy groups -OCH3 is 1. The van der Waals surface area contributed by atoms with Gasteiger partial charge in [-0.2, -0.15) is 0 Å². The topological polar surface area (TPSA) is 38.3 Å². The number of thioether (sulfide) groups is 1. The van der Waals surface area contributed by atoms with Crippen LogP contribution in [0.1, 0.15) is 22.3 Å². The molecule has 0 bridgehead atoms. The Bertz CT molecular complexity index is 583. The van der Waals surface area contributed by atoms with Crippen molar-refractivity contribution in [3.05, 3.63) is 52.2 Å². The summed E-state index contributed by atoms with van der Waals surface area (Å²) < 4.78 is 5.46. The fraction of sp³-hybridized carbons (Fsp3) is 0.353. The van der Waals surface area contributed by atoms with Crippen LogP contribution in [0.25, 0.3) is 0 Å². The Kier molecular flexibility index (Phi) is 6.96. The summed E-state index contributed by atoms with van der Waals surface area (Å²) in [5.74, 6) is 0.852. The summed E-state index contributed by atoms with van der Waals surface area (Å²) in [6.07, 6.45) is 0.448. The fourth-order valence-electron chi connectivity index (χ4n) is 2.00. The van der Waals surface area contributed by atoms with Crippen molar-refractivity contribution in [3.63, 3.8) is 0 Å². The molecule has 22 heavy (non-hydrogen) atoms. The second-order valence-corrected chi connectivity index (χ2v) is 7.38. The second kappa shape index (κ2) is 8.98. The van der Waals surface area contributed by atoms with Crippen LogP contribution in [-0.4, -0.2) is 25.3 Å². The van der Waals surface area contributed by atoms with Crippen molar-refractivity contribution in [2.75, 3.05) is 19.4 Å². The summed E-state index contributed by atoms with van der Waals surface area (Å²) in [5, 5.41) is 2.96. The number of amides is 1. The minimum absolute atomic E-state index is 0.0653. The zero-order valence-electron chi connectivity index (χ0n) is 12.9. The van der Waals surface area contributed by atoms with Crippen molar-refractivity contribution in [1.29, 1.82) is 0 Å². The normalized spacial score (nSPS) is 12.1. The van der Waals surface area contributed by atoms with Crippen molar-refractivity contribution in [3.8, 4) is 0 Å². The summed E-state index contributed by atoms with van der Waals surface area (Å²) in [6, 6.07) is 14.3. The van der Waals surface area contributed by atoms with E-state index in [4.69, 9.17) is 4.74 Å². The van der Waals surface area contributed by atoms with Gasteiger partial charge < -0.3 is 10.1 Å². The molecule has 0 saturated heterocycles. The van der Waals surface area contributed by atoms with Crippen molar-refractivity contribution < 1.29 is 9.53 Å². The standard InChI is InChI=1S/C17H21NO2S2/c1-13-8-9-16(22-13)15(20-2)12-18-17(19)10-11-21-14-6-4-3-5-7-14/h3-9,15H,10-12H2,1-2H3,(H,18,19)/t15-/m1/s1. The van der Waals surface area contributed by atoms with E-state index in [2.05, 4.69) is 36.5 Å². The first kappa shape index (κ1) is 17.1. The van der Waals surface area contributed by atoms with Gasteiger partial charge in [-0.3, -0.25) is 4.79 Å². The molecule has 0 aliphatic carbocycles. The lowest BCUT2D eigenvalue weighted by Crippen LogP contribution is -2.29. The van der Waals surface area contributed by atoms with Crippen LogP contribution in [0.4, 0.5) is 0 Å². The van der Waals surface area contributed by atoms with E-state index in [0.29, 0.717) is 13.0 Å². The van der Waals surface area contributed by atoms with Gasteiger partial charge in [-0.15, -0.1) is 23.1 Å². The zero-order valence-corrected chi connectivity index (χ0v) is 14.5. The number of carbonyl (C=O) groups is 1. The van der Waals surface area contributed by atoms with Gasteiger partial charge in [0.15, 0.2) is 0 Å². The third kappa shape index (κ3) is 5.48. The van der Waals surface area contributed by atoms with E-state index in [-0.39, 0.29) is 12.0 Å². The highest BCUT2D eigenvalue weighted by Gasteiger charge is 2.13. The van der Waals surface area contributed by atoms with E-state index in [1.165, 1.54) is 9.77 Å². The van der Waals surface area contributed by atoms with Crippen molar-refractivity contribution >= 4 is 29.0 Å². The van der Waals surface area contributed by atoms with Crippen LogP contribution in [0.2, 0.25) is 0 Å². The van der Waals surface area contributed by atoms with Crippen LogP contribution in [0, 0.1) is 6.92 Å². The maximum absolute atomic E-state index is 11.9. The van der Waals surface area contributed by atoms with Crippen LogP contribution in [0.15, 0.2) is 47.4 Å². The number of nitrogens with one attached hydrogen (secondary N) is 1. The first-order chi connectivity index (χ1) is 10.7. The number of thiophene rings is 1. The van der Waals surface area contributed by atoms with Gasteiger partial charge in [0, 0.05) is 40.5 Å². The maximum Gasteiger partial charge on any atom is 0.220 e. The van der Waals surface area contributed by atoms with E-state index in [9.17, 15) is 4.79 Å². The predicted molar refractivity (Wildman–Crippen MR) is 93.6 cm³/mol. The molecule has 1 aromatic carbocycles. The Morgan fingerprint density at radius 3 is 2.68 bits per heavy atom. The quantitative estimate of drug-likeness (QED) is 0.740. The molecular weight excluding hydrogens is 314 g/mol. The first-order valence-electron chi connectivity index (χ1n) is 7.22. The number of aryl methyl sites for hydroxylation is 1. The van der Waals surface area contributed by atoms with Gasteiger partial charge in [-0.1, -0.05) is 18.2 Å². The number of ether oxygens (including phenoxy) is 1. The molecule has 0 aliphatic rings. The van der Waals surface area contributed by atoms with Crippen LogP contribution >= 0.6 is 23.1 Å². The molecule has 1 amide bonds. The molecule has 1 N–H and O–H groups in total. The van der Waals surface area contributed by atoms with Gasteiger partial charge in [0.1, 0.15) is 6.10 Å². The summed E-state index contributed by atoms with van der Waals surface area (Å²) >= 11 is 3.41. The molecule has 1 heterocycles. The van der Waals surface area contributed by atoms with E-state index in [1.54, 1.807) is 30.2 Å². The predicted octanol–water partition coefficient (Wildman–Crippen LogP) is 4.04. The largest absolute Gasteiger partial charge is 0.374 e. The SMILES string of the molecule is CO[C@H](CNC(=O)CCSc1ccccc1)c1ccc(C)s1. The minimum Gasteiger partial charge on any atom is -0.374 e. The van der Waals surface area contributed by atoms with Crippen molar-refractivity contribution in [1.82, 2.24) is 5.32 Å². The lowest BCUT2D eigenvalue weighted by atomic mass is 10.3. The van der Waals surface area contributed by atoms with E-state index < -0.39 is 0 Å². The molecule has 0 radical (unpaired) electrons. The highest BCUT2D eigenvalue weighted by molar-refractivity contribution is 7.99. The van der Waals surface area contributed by atoms with Gasteiger partial charge >= 0.3 is 0 Å². The Morgan fingerprint density at radius 2 is 2.05 bits per heavy atom. The molecule has 5 heteroatoms. The smallest absolute Gasteiger partial charge is 0.220 e. The van der Waals surface area contributed by atoms with E-state index in [0.717, 1.165) is 10.6 Å². The van der Waals surface area contributed by atoms with Crippen molar-refractivity contribution in [2.24, 2.45) is 0 Å². The summed E-state index contributed by atoms with van der Waals surface area (Å²) in [4.78, 5) is 15.5. The highest BCUT2D eigenvalue weighted by Crippen LogP contribution is 2.24. The molecule has 3 nitrogen and oxygen atoms in total. The van der Waals surface area contributed by atoms with Gasteiger partial charge in [-0.05, 0) is 31.2 Å². The Hall–Kier alpha value is -1.30. The molecule has 118 valence electrons. The molecule has 2 aromatic rings.